The largest absolute Gasteiger partial charge is 0.387 e. The summed E-state index contributed by atoms with van der Waals surface area (Å²) in [4.78, 5) is 11.7. The minimum absolute atomic E-state index is 0.0174. The van der Waals surface area contributed by atoms with Crippen LogP contribution in [-0.2, 0) is 11.2 Å². The van der Waals surface area contributed by atoms with Crippen LogP contribution < -0.4 is 5.73 Å². The Balaban J connectivity index is 2.08. The maximum atomic E-state index is 11.7. The molecule has 1 aromatic carbocycles. The van der Waals surface area contributed by atoms with E-state index in [1.54, 1.807) is 0 Å². The number of carbonyl (C=O) groups excluding carboxylic acids is 1. The number of nitrogens with two attached hydrogens (primary N) is 1. The number of amidine groups is 1. The van der Waals surface area contributed by atoms with Crippen LogP contribution in [0, 0.1) is 10.8 Å². The Kier molecular flexibility index (Phi) is 5.19. The molecule has 23 heavy (non-hydrogen) atoms. The van der Waals surface area contributed by atoms with Gasteiger partial charge in [0, 0.05) is 6.42 Å². The highest BCUT2D eigenvalue weighted by molar-refractivity contribution is 5.99. The minimum Gasteiger partial charge on any atom is -0.387 e. The molecule has 0 bridgehead atoms. The van der Waals surface area contributed by atoms with E-state index in [2.05, 4.69) is 32.9 Å². The summed E-state index contributed by atoms with van der Waals surface area (Å²) in [6, 6.07) is 8.06. The number of nitrogens with one attached hydrogen (secondary N) is 1. The molecule has 122 valence electrons. The second-order valence-corrected chi connectivity index (χ2v) is 7.39. The predicted octanol–water partition coefficient (Wildman–Crippen LogP) is 4.27. The molecule has 1 aliphatic carbocycles. The zero-order valence-corrected chi connectivity index (χ0v) is 14.3. The van der Waals surface area contributed by atoms with Gasteiger partial charge in [-0.2, -0.15) is 0 Å². The first-order valence-electron chi connectivity index (χ1n) is 8.05. The maximum absolute atomic E-state index is 11.7. The molecule has 1 aromatic rings. The van der Waals surface area contributed by atoms with E-state index in [-0.39, 0.29) is 18.0 Å². The van der Waals surface area contributed by atoms with Gasteiger partial charge in [0.1, 0.15) is 5.78 Å². The molecular weight excluding hydrogens is 284 g/mol. The van der Waals surface area contributed by atoms with Crippen molar-refractivity contribution in [2.24, 2.45) is 11.1 Å². The maximum Gasteiger partial charge on any atom is 0.144 e. The van der Waals surface area contributed by atoms with E-state index in [4.69, 9.17) is 11.1 Å². The first-order chi connectivity index (χ1) is 10.7. The van der Waals surface area contributed by atoms with E-state index >= 15 is 0 Å². The van der Waals surface area contributed by atoms with Gasteiger partial charge in [-0.05, 0) is 41.9 Å². The van der Waals surface area contributed by atoms with E-state index < -0.39 is 0 Å². The van der Waals surface area contributed by atoms with Crippen LogP contribution in [0.15, 0.2) is 41.5 Å². The lowest BCUT2D eigenvalue weighted by Crippen LogP contribution is -2.16. The molecule has 1 aliphatic rings. The van der Waals surface area contributed by atoms with Crippen molar-refractivity contribution in [1.29, 1.82) is 5.41 Å². The molecule has 3 heteroatoms. The number of benzene rings is 1. The zero-order chi connectivity index (χ0) is 17.0. The molecule has 2 rings (SSSR count). The summed E-state index contributed by atoms with van der Waals surface area (Å²) in [7, 11) is 0. The average molecular weight is 310 g/mol. The van der Waals surface area contributed by atoms with Crippen molar-refractivity contribution in [1.82, 2.24) is 0 Å². The normalized spacial score (nSPS) is 18.6. The smallest absolute Gasteiger partial charge is 0.144 e. The third-order valence-electron chi connectivity index (χ3n) is 3.99. The summed E-state index contributed by atoms with van der Waals surface area (Å²) < 4.78 is 0. The van der Waals surface area contributed by atoms with Crippen molar-refractivity contribution < 1.29 is 4.79 Å². The van der Waals surface area contributed by atoms with Gasteiger partial charge in [0.25, 0.3) is 0 Å². The van der Waals surface area contributed by atoms with Gasteiger partial charge in [-0.15, -0.1) is 0 Å². The summed E-state index contributed by atoms with van der Waals surface area (Å²) in [5.74, 6) is -0.0883. The SMILES string of the molecule is CC1=C/C(=C/c2ccc(CC(=O)CC(=N)N)cc2)CC(C)(C)C1. The molecule has 0 saturated heterocycles. The van der Waals surface area contributed by atoms with Crippen molar-refractivity contribution >= 4 is 17.7 Å². The van der Waals surface area contributed by atoms with E-state index in [1.807, 2.05) is 24.3 Å². The quantitative estimate of drug-likeness (QED) is 0.630. The Bertz CT molecular complexity index is 663. The van der Waals surface area contributed by atoms with Crippen LogP contribution in [0.1, 0.15) is 51.2 Å². The molecule has 0 saturated carbocycles. The summed E-state index contributed by atoms with van der Waals surface area (Å²) in [6.07, 6.45) is 7.12. The second kappa shape index (κ2) is 6.95. The Labute approximate surface area is 138 Å². The lowest BCUT2D eigenvalue weighted by Gasteiger charge is -2.30. The third-order valence-corrected chi connectivity index (χ3v) is 3.99. The van der Waals surface area contributed by atoms with Gasteiger partial charge in [0.05, 0.1) is 12.3 Å². The molecule has 0 amide bonds. The molecule has 0 aromatic heterocycles. The number of Topliss-reactive ketones (excluding diaryl/α,β-unsaturated/α-hetero) is 1. The van der Waals surface area contributed by atoms with Crippen LogP contribution >= 0.6 is 0 Å². The van der Waals surface area contributed by atoms with Crippen LogP contribution in [0.25, 0.3) is 6.08 Å². The first-order valence-corrected chi connectivity index (χ1v) is 8.05. The van der Waals surface area contributed by atoms with Gasteiger partial charge < -0.3 is 5.73 Å². The van der Waals surface area contributed by atoms with Crippen molar-refractivity contribution in [3.8, 4) is 0 Å². The molecule has 0 heterocycles. The minimum atomic E-state index is -0.0709. The van der Waals surface area contributed by atoms with Crippen molar-refractivity contribution in [3.63, 3.8) is 0 Å². The van der Waals surface area contributed by atoms with E-state index in [1.165, 1.54) is 11.1 Å². The topological polar surface area (TPSA) is 66.9 Å². The number of ketones is 1. The fourth-order valence-corrected chi connectivity index (χ4v) is 3.33. The lowest BCUT2D eigenvalue weighted by molar-refractivity contribution is -0.117. The second-order valence-electron chi connectivity index (χ2n) is 7.39. The van der Waals surface area contributed by atoms with Gasteiger partial charge in [-0.25, -0.2) is 0 Å². The van der Waals surface area contributed by atoms with E-state index in [0.29, 0.717) is 11.8 Å². The van der Waals surface area contributed by atoms with Gasteiger partial charge in [-0.1, -0.05) is 55.8 Å². The van der Waals surface area contributed by atoms with Crippen molar-refractivity contribution in [3.05, 3.63) is 52.6 Å². The predicted molar refractivity (Wildman–Crippen MR) is 96.4 cm³/mol. The van der Waals surface area contributed by atoms with E-state index in [0.717, 1.165) is 24.0 Å². The molecule has 0 radical (unpaired) electrons. The number of hydrogen-bond donors (Lipinski definition) is 2. The van der Waals surface area contributed by atoms with Crippen molar-refractivity contribution in [2.75, 3.05) is 0 Å². The van der Waals surface area contributed by atoms with Gasteiger partial charge in [-0.3, -0.25) is 10.2 Å². The van der Waals surface area contributed by atoms with Gasteiger partial charge in [0.2, 0.25) is 0 Å². The van der Waals surface area contributed by atoms with Gasteiger partial charge >= 0.3 is 0 Å². The third kappa shape index (κ3) is 5.51. The lowest BCUT2D eigenvalue weighted by atomic mass is 9.75. The summed E-state index contributed by atoms with van der Waals surface area (Å²) >= 11 is 0. The number of allylic oxidation sites excluding steroid dienone is 3. The molecule has 0 fully saturated rings. The molecule has 0 atom stereocenters. The molecule has 0 spiro atoms. The van der Waals surface area contributed by atoms with Crippen molar-refractivity contribution in [2.45, 2.75) is 46.5 Å². The van der Waals surface area contributed by atoms with Crippen LogP contribution in [-0.4, -0.2) is 11.6 Å². The fourth-order valence-electron chi connectivity index (χ4n) is 3.33. The van der Waals surface area contributed by atoms with E-state index in [9.17, 15) is 4.79 Å². The standard InChI is InChI=1S/C20H26N2O/c1-14-8-17(13-20(2,3)12-14)9-15-4-6-16(7-5-15)10-18(23)11-19(21)22/h4-9H,10-13H2,1-3H3,(H3,21,22)/b17-9-. The Hall–Kier alpha value is -2.16. The zero-order valence-electron chi connectivity index (χ0n) is 14.3. The number of carbonyl (C=O) groups is 1. The molecule has 0 aliphatic heterocycles. The van der Waals surface area contributed by atoms with Crippen LogP contribution in [0.2, 0.25) is 0 Å². The summed E-state index contributed by atoms with van der Waals surface area (Å²) in [6.45, 7) is 6.81. The highest BCUT2D eigenvalue weighted by Gasteiger charge is 2.23. The Morgan fingerprint density at radius 3 is 2.48 bits per heavy atom. The Morgan fingerprint density at radius 2 is 1.91 bits per heavy atom. The highest BCUT2D eigenvalue weighted by Crippen LogP contribution is 2.38. The monoisotopic (exact) mass is 310 g/mol. The first kappa shape index (κ1) is 17.2. The molecular formula is C20H26N2O. The Morgan fingerprint density at radius 1 is 1.26 bits per heavy atom. The highest BCUT2D eigenvalue weighted by atomic mass is 16.1. The summed E-state index contributed by atoms with van der Waals surface area (Å²) in [5.41, 5.74) is 10.5. The average Bonchev–Trinajstić information content (AvgIpc) is 2.37. The summed E-state index contributed by atoms with van der Waals surface area (Å²) in [5, 5.41) is 7.16. The van der Waals surface area contributed by atoms with Gasteiger partial charge in [0.15, 0.2) is 0 Å². The molecule has 3 N–H and O–H groups in total. The van der Waals surface area contributed by atoms with Crippen LogP contribution in [0.3, 0.4) is 0 Å². The van der Waals surface area contributed by atoms with Crippen LogP contribution in [0.5, 0.6) is 0 Å². The molecule has 3 nitrogen and oxygen atoms in total. The number of hydrogen-bond acceptors (Lipinski definition) is 2. The number of rotatable bonds is 5. The fraction of sp³-hybridized carbons (Fsp3) is 0.400. The molecule has 0 unspecified atom stereocenters. The van der Waals surface area contributed by atoms with Crippen LogP contribution in [0.4, 0.5) is 0 Å².